The summed E-state index contributed by atoms with van der Waals surface area (Å²) in [6, 6.07) is 7.01. The lowest BCUT2D eigenvalue weighted by atomic mass is 10.1. The van der Waals surface area contributed by atoms with E-state index in [9.17, 15) is 4.79 Å². The molecule has 7 nitrogen and oxygen atoms in total. The highest BCUT2D eigenvalue weighted by molar-refractivity contribution is 5.92. The standard InChI is InChI=1S/C17H19N3O4/c21-10-12-1-3-13(4-2-12)24-16-11-23-8-5-14(16)20-17(22)15-9-18-6-7-19-15/h1-4,6-7,9,14,16,21H,5,8,10-11H2,(H,20,22)/t14-,16-/m1/s1. The summed E-state index contributed by atoms with van der Waals surface area (Å²) in [5, 5.41) is 12.0. The van der Waals surface area contributed by atoms with Crippen molar-refractivity contribution in [2.75, 3.05) is 13.2 Å². The lowest BCUT2D eigenvalue weighted by Gasteiger charge is -2.32. The summed E-state index contributed by atoms with van der Waals surface area (Å²) >= 11 is 0. The van der Waals surface area contributed by atoms with Crippen LogP contribution in [0.4, 0.5) is 0 Å². The number of amides is 1. The first-order valence-electron chi connectivity index (χ1n) is 7.77. The van der Waals surface area contributed by atoms with Crippen molar-refractivity contribution in [1.29, 1.82) is 0 Å². The van der Waals surface area contributed by atoms with Crippen molar-refractivity contribution in [2.45, 2.75) is 25.2 Å². The molecule has 7 heteroatoms. The lowest BCUT2D eigenvalue weighted by Crippen LogP contribution is -2.51. The van der Waals surface area contributed by atoms with Gasteiger partial charge in [0.05, 0.1) is 25.5 Å². The van der Waals surface area contributed by atoms with Gasteiger partial charge in [0.1, 0.15) is 17.5 Å². The van der Waals surface area contributed by atoms with Gasteiger partial charge in [0.25, 0.3) is 5.91 Å². The van der Waals surface area contributed by atoms with E-state index in [1.165, 1.54) is 18.6 Å². The average Bonchev–Trinajstić information content (AvgIpc) is 2.64. The number of aliphatic hydroxyl groups is 1. The number of benzene rings is 1. The number of aliphatic hydroxyl groups excluding tert-OH is 1. The van der Waals surface area contributed by atoms with E-state index >= 15 is 0 Å². The molecule has 1 saturated heterocycles. The van der Waals surface area contributed by atoms with Crippen LogP contribution in [0, 0.1) is 0 Å². The summed E-state index contributed by atoms with van der Waals surface area (Å²) in [5.41, 5.74) is 1.09. The quantitative estimate of drug-likeness (QED) is 0.848. The molecule has 1 aliphatic heterocycles. The lowest BCUT2D eigenvalue weighted by molar-refractivity contribution is -0.0135. The maximum absolute atomic E-state index is 12.3. The predicted octanol–water partition coefficient (Wildman–Crippen LogP) is 0.935. The van der Waals surface area contributed by atoms with Crippen LogP contribution in [0.15, 0.2) is 42.9 Å². The molecule has 1 fully saturated rings. The molecule has 126 valence electrons. The molecule has 3 rings (SSSR count). The van der Waals surface area contributed by atoms with Crippen LogP contribution in [0.25, 0.3) is 0 Å². The van der Waals surface area contributed by atoms with Crippen molar-refractivity contribution in [2.24, 2.45) is 0 Å². The van der Waals surface area contributed by atoms with Gasteiger partial charge in [-0.2, -0.15) is 0 Å². The van der Waals surface area contributed by atoms with E-state index in [0.717, 1.165) is 5.56 Å². The fraction of sp³-hybridized carbons (Fsp3) is 0.353. The second kappa shape index (κ2) is 7.85. The molecule has 2 aromatic rings. The number of hydrogen-bond donors (Lipinski definition) is 2. The van der Waals surface area contributed by atoms with Crippen molar-refractivity contribution in [3.8, 4) is 5.75 Å². The Labute approximate surface area is 139 Å². The van der Waals surface area contributed by atoms with E-state index in [2.05, 4.69) is 15.3 Å². The highest BCUT2D eigenvalue weighted by atomic mass is 16.5. The van der Waals surface area contributed by atoms with E-state index < -0.39 is 0 Å². The molecule has 1 amide bonds. The van der Waals surface area contributed by atoms with E-state index in [4.69, 9.17) is 14.6 Å². The summed E-state index contributed by atoms with van der Waals surface area (Å²) < 4.78 is 11.4. The molecule has 0 radical (unpaired) electrons. The first-order chi connectivity index (χ1) is 11.8. The molecule has 2 N–H and O–H groups in total. The summed E-state index contributed by atoms with van der Waals surface area (Å²) in [5.74, 6) is 0.390. The van der Waals surface area contributed by atoms with Gasteiger partial charge in [-0.25, -0.2) is 4.98 Å². The minimum atomic E-state index is -0.292. The second-order valence-corrected chi connectivity index (χ2v) is 5.49. The highest BCUT2D eigenvalue weighted by Crippen LogP contribution is 2.19. The van der Waals surface area contributed by atoms with Crippen molar-refractivity contribution in [3.05, 3.63) is 54.1 Å². The van der Waals surface area contributed by atoms with E-state index in [1.807, 2.05) is 0 Å². The van der Waals surface area contributed by atoms with Gasteiger partial charge in [-0.15, -0.1) is 0 Å². The zero-order chi connectivity index (χ0) is 16.8. The third-order valence-electron chi connectivity index (χ3n) is 3.81. The fourth-order valence-electron chi connectivity index (χ4n) is 2.50. The summed E-state index contributed by atoms with van der Waals surface area (Å²) in [6.07, 6.45) is 4.80. The molecule has 2 heterocycles. The molecule has 0 aliphatic carbocycles. The van der Waals surface area contributed by atoms with Crippen LogP contribution in [0.3, 0.4) is 0 Å². The van der Waals surface area contributed by atoms with Gasteiger partial charge in [0.15, 0.2) is 0 Å². The zero-order valence-electron chi connectivity index (χ0n) is 13.1. The van der Waals surface area contributed by atoms with Crippen molar-refractivity contribution < 1.29 is 19.4 Å². The fourth-order valence-corrected chi connectivity index (χ4v) is 2.50. The Morgan fingerprint density at radius 1 is 1.33 bits per heavy atom. The van der Waals surface area contributed by atoms with Gasteiger partial charge in [-0.05, 0) is 24.1 Å². The maximum Gasteiger partial charge on any atom is 0.271 e. The predicted molar refractivity (Wildman–Crippen MR) is 85.5 cm³/mol. The number of nitrogens with zero attached hydrogens (tertiary/aromatic N) is 2. The Hall–Kier alpha value is -2.51. The number of hydrogen-bond acceptors (Lipinski definition) is 6. The van der Waals surface area contributed by atoms with Crippen LogP contribution in [0.2, 0.25) is 0 Å². The molecule has 0 spiro atoms. The van der Waals surface area contributed by atoms with Crippen molar-refractivity contribution in [3.63, 3.8) is 0 Å². The first-order valence-corrected chi connectivity index (χ1v) is 7.77. The van der Waals surface area contributed by atoms with Gasteiger partial charge in [0.2, 0.25) is 0 Å². The molecular weight excluding hydrogens is 310 g/mol. The molecule has 0 saturated carbocycles. The van der Waals surface area contributed by atoms with E-state index in [1.54, 1.807) is 24.3 Å². The molecule has 1 aromatic carbocycles. The van der Waals surface area contributed by atoms with Crippen LogP contribution in [-0.2, 0) is 11.3 Å². The second-order valence-electron chi connectivity index (χ2n) is 5.49. The highest BCUT2D eigenvalue weighted by Gasteiger charge is 2.29. The Morgan fingerprint density at radius 3 is 2.88 bits per heavy atom. The summed E-state index contributed by atoms with van der Waals surface area (Å²) in [7, 11) is 0. The number of carbonyl (C=O) groups is 1. The Kier molecular flexibility index (Phi) is 5.35. The van der Waals surface area contributed by atoms with Crippen molar-refractivity contribution >= 4 is 5.91 Å². The monoisotopic (exact) mass is 329 g/mol. The smallest absolute Gasteiger partial charge is 0.271 e. The molecule has 1 aromatic heterocycles. The van der Waals surface area contributed by atoms with Crippen LogP contribution >= 0.6 is 0 Å². The van der Waals surface area contributed by atoms with Gasteiger partial charge in [-0.3, -0.25) is 9.78 Å². The van der Waals surface area contributed by atoms with Gasteiger partial charge in [0, 0.05) is 19.0 Å². The molecule has 0 unspecified atom stereocenters. The molecule has 2 atom stereocenters. The zero-order valence-corrected chi connectivity index (χ0v) is 13.1. The third-order valence-corrected chi connectivity index (χ3v) is 3.81. The Morgan fingerprint density at radius 2 is 2.17 bits per heavy atom. The van der Waals surface area contributed by atoms with Crippen LogP contribution in [0.1, 0.15) is 22.5 Å². The minimum absolute atomic E-state index is 0.0103. The van der Waals surface area contributed by atoms with Gasteiger partial charge >= 0.3 is 0 Å². The molecule has 0 bridgehead atoms. The third kappa shape index (κ3) is 4.06. The van der Waals surface area contributed by atoms with Crippen LogP contribution < -0.4 is 10.1 Å². The molecule has 24 heavy (non-hydrogen) atoms. The van der Waals surface area contributed by atoms with Crippen LogP contribution in [-0.4, -0.2) is 46.3 Å². The Balaban J connectivity index is 1.65. The number of aromatic nitrogens is 2. The maximum atomic E-state index is 12.3. The normalized spacial score (nSPS) is 20.4. The SMILES string of the molecule is O=C(N[C@@H]1CCOC[C@H]1Oc1ccc(CO)cc1)c1cnccn1. The van der Waals surface area contributed by atoms with Gasteiger partial charge in [-0.1, -0.05) is 12.1 Å². The number of carbonyl (C=O) groups excluding carboxylic acids is 1. The number of rotatable bonds is 5. The molecular formula is C17H19N3O4. The van der Waals surface area contributed by atoms with Crippen molar-refractivity contribution in [1.82, 2.24) is 15.3 Å². The topological polar surface area (TPSA) is 93.6 Å². The number of ether oxygens (including phenoxy) is 2. The summed E-state index contributed by atoms with van der Waals surface area (Å²) in [6.45, 7) is 0.950. The minimum Gasteiger partial charge on any atom is -0.486 e. The average molecular weight is 329 g/mol. The summed E-state index contributed by atoms with van der Waals surface area (Å²) in [4.78, 5) is 20.2. The van der Waals surface area contributed by atoms with Crippen LogP contribution in [0.5, 0.6) is 5.75 Å². The molecule has 1 aliphatic rings. The number of nitrogens with one attached hydrogen (secondary N) is 1. The largest absolute Gasteiger partial charge is 0.486 e. The first kappa shape index (κ1) is 16.4. The van der Waals surface area contributed by atoms with E-state index in [0.29, 0.717) is 25.4 Å². The van der Waals surface area contributed by atoms with Gasteiger partial charge < -0.3 is 19.9 Å². The van der Waals surface area contributed by atoms with E-state index in [-0.39, 0.29) is 30.4 Å². The Bertz CT molecular complexity index is 663.